The van der Waals surface area contributed by atoms with Crippen LogP contribution in [0.4, 0.5) is 5.00 Å². The van der Waals surface area contributed by atoms with Gasteiger partial charge >= 0.3 is 5.00 Å². The van der Waals surface area contributed by atoms with E-state index < -0.39 is 0 Å². The van der Waals surface area contributed by atoms with E-state index in [1.165, 1.54) is 11.3 Å². The lowest BCUT2D eigenvalue weighted by Crippen LogP contribution is -2.56. The Bertz CT molecular complexity index is 390. The normalized spacial score (nSPS) is 16.1. The Morgan fingerprint density at radius 2 is 2.35 bits per heavy atom. The van der Waals surface area contributed by atoms with Gasteiger partial charge in [0.15, 0.2) is 0 Å². The quantitative estimate of drug-likeness (QED) is 0.622. The van der Waals surface area contributed by atoms with Gasteiger partial charge in [-0.15, -0.1) is 0 Å². The van der Waals surface area contributed by atoms with Crippen molar-refractivity contribution in [2.75, 3.05) is 19.6 Å². The third kappa shape index (κ3) is 3.02. The van der Waals surface area contributed by atoms with E-state index in [0.29, 0.717) is 6.04 Å². The Morgan fingerprint density at radius 3 is 2.82 bits per heavy atom. The zero-order chi connectivity index (χ0) is 12.3. The van der Waals surface area contributed by atoms with E-state index in [2.05, 4.69) is 17.1 Å². The van der Waals surface area contributed by atoms with Crippen molar-refractivity contribution >= 4 is 16.3 Å². The van der Waals surface area contributed by atoms with E-state index in [1.54, 1.807) is 6.07 Å². The molecule has 0 aliphatic carbocycles. The zero-order valence-corrected chi connectivity index (χ0v) is 10.7. The maximum Gasteiger partial charge on any atom is 0.324 e. The Hall–Kier alpha value is -0.980. The van der Waals surface area contributed by atoms with Gasteiger partial charge in [-0.3, -0.25) is 15.0 Å². The van der Waals surface area contributed by atoms with E-state index in [0.717, 1.165) is 37.5 Å². The SMILES string of the molecule is CCCN(Cc1ccc([N+](=O)[O-])s1)C1CNC1. The first kappa shape index (κ1) is 12.5. The Labute approximate surface area is 105 Å². The van der Waals surface area contributed by atoms with Crippen molar-refractivity contribution in [2.24, 2.45) is 0 Å². The molecule has 0 spiro atoms. The van der Waals surface area contributed by atoms with Crippen LogP contribution >= 0.6 is 11.3 Å². The van der Waals surface area contributed by atoms with Crippen molar-refractivity contribution in [1.82, 2.24) is 10.2 Å². The molecule has 2 rings (SSSR count). The van der Waals surface area contributed by atoms with Gasteiger partial charge in [-0.2, -0.15) is 0 Å². The summed E-state index contributed by atoms with van der Waals surface area (Å²) in [5.41, 5.74) is 0. The molecule has 17 heavy (non-hydrogen) atoms. The van der Waals surface area contributed by atoms with Crippen LogP contribution < -0.4 is 5.32 Å². The van der Waals surface area contributed by atoms with Crippen LogP contribution in [0.1, 0.15) is 18.2 Å². The molecule has 0 radical (unpaired) electrons. The van der Waals surface area contributed by atoms with Gasteiger partial charge in [0.25, 0.3) is 0 Å². The summed E-state index contributed by atoms with van der Waals surface area (Å²) in [7, 11) is 0. The molecular weight excluding hydrogens is 238 g/mol. The molecule has 0 atom stereocenters. The fourth-order valence-corrected chi connectivity index (χ4v) is 2.81. The molecule has 6 heteroatoms. The van der Waals surface area contributed by atoms with Gasteiger partial charge in [-0.05, 0) is 19.0 Å². The number of rotatable bonds is 6. The summed E-state index contributed by atoms with van der Waals surface area (Å²) in [4.78, 5) is 13.8. The predicted molar refractivity (Wildman–Crippen MR) is 68.3 cm³/mol. The summed E-state index contributed by atoms with van der Waals surface area (Å²) in [5, 5.41) is 14.1. The molecule has 2 heterocycles. The summed E-state index contributed by atoms with van der Waals surface area (Å²) in [6.45, 7) is 6.12. The van der Waals surface area contributed by atoms with Crippen LogP contribution in [-0.4, -0.2) is 35.5 Å². The Morgan fingerprint density at radius 1 is 1.59 bits per heavy atom. The highest BCUT2D eigenvalue weighted by atomic mass is 32.1. The lowest BCUT2D eigenvalue weighted by molar-refractivity contribution is -0.380. The number of nitrogens with one attached hydrogen (secondary N) is 1. The van der Waals surface area contributed by atoms with Gasteiger partial charge in [-0.1, -0.05) is 18.3 Å². The van der Waals surface area contributed by atoms with E-state index in [-0.39, 0.29) is 9.92 Å². The Balaban J connectivity index is 1.98. The molecule has 1 fully saturated rings. The molecule has 5 nitrogen and oxygen atoms in total. The molecule has 0 unspecified atom stereocenters. The highest BCUT2D eigenvalue weighted by Crippen LogP contribution is 2.25. The fraction of sp³-hybridized carbons (Fsp3) is 0.636. The summed E-state index contributed by atoms with van der Waals surface area (Å²) in [6, 6.07) is 4.07. The second-order valence-corrected chi connectivity index (χ2v) is 5.43. The van der Waals surface area contributed by atoms with Crippen LogP contribution in [-0.2, 0) is 6.54 Å². The van der Waals surface area contributed by atoms with E-state index in [4.69, 9.17) is 0 Å². The van der Waals surface area contributed by atoms with Crippen molar-refractivity contribution in [1.29, 1.82) is 0 Å². The highest BCUT2D eigenvalue weighted by Gasteiger charge is 2.24. The van der Waals surface area contributed by atoms with Crippen LogP contribution in [0.15, 0.2) is 12.1 Å². The van der Waals surface area contributed by atoms with Crippen LogP contribution in [0.3, 0.4) is 0 Å². The topological polar surface area (TPSA) is 58.4 Å². The number of hydrogen-bond donors (Lipinski definition) is 1. The number of nitro groups is 1. The summed E-state index contributed by atoms with van der Waals surface area (Å²) in [5.74, 6) is 0. The molecule has 94 valence electrons. The average molecular weight is 255 g/mol. The molecule has 0 saturated carbocycles. The van der Waals surface area contributed by atoms with Crippen molar-refractivity contribution in [3.63, 3.8) is 0 Å². The van der Waals surface area contributed by atoms with Crippen LogP contribution in [0, 0.1) is 10.1 Å². The molecule has 1 aliphatic rings. The first-order valence-corrected chi connectivity index (χ1v) is 6.70. The van der Waals surface area contributed by atoms with Gasteiger partial charge in [0.2, 0.25) is 0 Å². The number of thiophene rings is 1. The molecule has 0 amide bonds. The van der Waals surface area contributed by atoms with Crippen molar-refractivity contribution < 1.29 is 4.92 Å². The first-order chi connectivity index (χ1) is 8.20. The Kier molecular flexibility index (Phi) is 4.09. The summed E-state index contributed by atoms with van der Waals surface area (Å²) in [6.07, 6.45) is 1.12. The zero-order valence-electron chi connectivity index (χ0n) is 9.89. The second-order valence-electron chi connectivity index (χ2n) is 4.28. The smallest absolute Gasteiger partial charge is 0.314 e. The minimum Gasteiger partial charge on any atom is -0.314 e. The van der Waals surface area contributed by atoms with E-state index >= 15 is 0 Å². The lowest BCUT2D eigenvalue weighted by atomic mass is 10.1. The molecule has 0 bridgehead atoms. The van der Waals surface area contributed by atoms with E-state index in [1.807, 2.05) is 6.07 Å². The third-order valence-electron chi connectivity index (χ3n) is 2.97. The van der Waals surface area contributed by atoms with Gasteiger partial charge in [0.05, 0.1) is 4.92 Å². The van der Waals surface area contributed by atoms with E-state index in [9.17, 15) is 10.1 Å². The standard InChI is InChI=1S/C11H17N3O2S/c1-2-5-13(9-6-12-7-9)8-10-3-4-11(17-10)14(15)16/h3-4,9,12H,2,5-8H2,1H3. The van der Waals surface area contributed by atoms with Crippen LogP contribution in [0.5, 0.6) is 0 Å². The van der Waals surface area contributed by atoms with Crippen molar-refractivity contribution in [3.8, 4) is 0 Å². The first-order valence-electron chi connectivity index (χ1n) is 5.88. The number of nitrogens with zero attached hydrogens (tertiary/aromatic N) is 2. The molecule has 1 aromatic heterocycles. The third-order valence-corrected chi connectivity index (χ3v) is 4.00. The maximum atomic E-state index is 10.6. The minimum atomic E-state index is -0.316. The molecule has 1 saturated heterocycles. The minimum absolute atomic E-state index is 0.239. The average Bonchev–Trinajstić information content (AvgIpc) is 2.64. The van der Waals surface area contributed by atoms with Gasteiger partial charge in [-0.25, -0.2) is 0 Å². The van der Waals surface area contributed by atoms with Gasteiger partial charge in [0.1, 0.15) is 0 Å². The molecular formula is C11H17N3O2S. The fourth-order valence-electron chi connectivity index (χ4n) is 1.96. The van der Waals surface area contributed by atoms with Gasteiger partial charge in [0, 0.05) is 36.6 Å². The monoisotopic (exact) mass is 255 g/mol. The van der Waals surface area contributed by atoms with Crippen molar-refractivity contribution in [3.05, 3.63) is 27.1 Å². The lowest BCUT2D eigenvalue weighted by Gasteiger charge is -2.37. The largest absolute Gasteiger partial charge is 0.324 e. The van der Waals surface area contributed by atoms with Crippen molar-refractivity contribution in [2.45, 2.75) is 25.9 Å². The second kappa shape index (κ2) is 5.57. The molecule has 1 aliphatic heterocycles. The molecule has 1 aromatic rings. The summed E-state index contributed by atoms with van der Waals surface area (Å²) >= 11 is 1.29. The highest BCUT2D eigenvalue weighted by molar-refractivity contribution is 7.15. The van der Waals surface area contributed by atoms with Crippen LogP contribution in [0.25, 0.3) is 0 Å². The summed E-state index contributed by atoms with van der Waals surface area (Å²) < 4.78 is 0. The number of hydrogen-bond acceptors (Lipinski definition) is 5. The van der Waals surface area contributed by atoms with Crippen LogP contribution in [0.2, 0.25) is 0 Å². The maximum absolute atomic E-state index is 10.6. The van der Waals surface area contributed by atoms with Gasteiger partial charge < -0.3 is 5.32 Å². The molecule has 1 N–H and O–H groups in total. The predicted octanol–water partition coefficient (Wildman–Crippen LogP) is 1.84. The molecule has 0 aromatic carbocycles.